The molecule has 3 heterocycles. The lowest BCUT2D eigenvalue weighted by Crippen LogP contribution is -2.07. The van der Waals surface area contributed by atoms with E-state index in [2.05, 4.69) is 6.92 Å². The number of nitrogens with zero attached hydrogens (tertiary/aromatic N) is 3. The highest BCUT2D eigenvalue weighted by molar-refractivity contribution is 6.32. The summed E-state index contributed by atoms with van der Waals surface area (Å²) in [6, 6.07) is 25.2. The highest BCUT2D eigenvalue weighted by Gasteiger charge is 2.24. The topological polar surface area (TPSA) is 60.9 Å². The van der Waals surface area contributed by atoms with Gasteiger partial charge < -0.3 is 4.42 Å². The van der Waals surface area contributed by atoms with Crippen molar-refractivity contribution in [3.63, 3.8) is 0 Å². The summed E-state index contributed by atoms with van der Waals surface area (Å²) in [5.74, 6) is 0. The van der Waals surface area contributed by atoms with Crippen molar-refractivity contribution in [3.05, 3.63) is 100.0 Å². The van der Waals surface area contributed by atoms with Crippen molar-refractivity contribution in [2.75, 3.05) is 0 Å². The molecule has 0 fully saturated rings. The third-order valence-corrected chi connectivity index (χ3v) is 6.28. The summed E-state index contributed by atoms with van der Waals surface area (Å²) in [6.07, 6.45) is 1.48. The van der Waals surface area contributed by atoms with Crippen molar-refractivity contribution in [2.45, 2.75) is 19.8 Å². The molecule has 0 amide bonds. The molecular weight excluding hydrogens is 446 g/mol. The molecule has 0 spiro atoms. The summed E-state index contributed by atoms with van der Waals surface area (Å²) in [5, 5.41) is 8.46. The van der Waals surface area contributed by atoms with E-state index in [1.165, 1.54) is 0 Å². The molecule has 0 unspecified atom stereocenters. The van der Waals surface area contributed by atoms with Crippen molar-refractivity contribution >= 4 is 44.4 Å². The molecule has 0 aliphatic heterocycles. The Morgan fingerprint density at radius 3 is 2.38 bits per heavy atom. The van der Waals surface area contributed by atoms with Crippen molar-refractivity contribution < 1.29 is 4.42 Å². The number of aryl methyl sites for hydroxylation is 1. The standard InChI is InChI=1S/C28H20ClN3O2/c1-2-9-21-24-23(20-16-18(29)14-15-22(20)34-28(24)33)25-26(17-10-5-3-6-11-17)31-32(27(25)30-21)19-12-7-4-8-13-19/h3-8,10-16H,2,9H2,1H3. The number of aromatic nitrogens is 3. The minimum atomic E-state index is -0.394. The Balaban J connectivity index is 1.91. The van der Waals surface area contributed by atoms with E-state index in [4.69, 9.17) is 26.1 Å². The molecule has 6 aromatic rings. The van der Waals surface area contributed by atoms with Gasteiger partial charge >= 0.3 is 5.63 Å². The van der Waals surface area contributed by atoms with Gasteiger partial charge in [-0.15, -0.1) is 0 Å². The summed E-state index contributed by atoms with van der Waals surface area (Å²) in [7, 11) is 0. The maximum Gasteiger partial charge on any atom is 0.346 e. The normalized spacial score (nSPS) is 11.6. The van der Waals surface area contributed by atoms with Gasteiger partial charge in [-0.3, -0.25) is 0 Å². The van der Waals surface area contributed by atoms with Crippen molar-refractivity contribution in [3.8, 4) is 16.9 Å². The Kier molecular flexibility index (Phi) is 4.93. The molecule has 0 N–H and O–H groups in total. The fraction of sp³-hybridized carbons (Fsp3) is 0.107. The van der Waals surface area contributed by atoms with Crippen molar-refractivity contribution in [1.29, 1.82) is 0 Å². The van der Waals surface area contributed by atoms with E-state index in [0.717, 1.165) is 39.5 Å². The van der Waals surface area contributed by atoms with Crippen LogP contribution in [0.15, 0.2) is 88.1 Å². The first-order valence-electron chi connectivity index (χ1n) is 11.2. The van der Waals surface area contributed by atoms with Gasteiger partial charge in [0.25, 0.3) is 0 Å². The smallest absolute Gasteiger partial charge is 0.346 e. The summed E-state index contributed by atoms with van der Waals surface area (Å²) in [4.78, 5) is 18.3. The second-order valence-corrected chi connectivity index (χ2v) is 8.69. The fourth-order valence-corrected chi connectivity index (χ4v) is 4.76. The van der Waals surface area contributed by atoms with Gasteiger partial charge in [0.2, 0.25) is 0 Å². The van der Waals surface area contributed by atoms with Gasteiger partial charge in [0.05, 0.1) is 22.2 Å². The molecule has 3 aromatic carbocycles. The minimum Gasteiger partial charge on any atom is -0.422 e. The van der Waals surface area contributed by atoms with Crippen LogP contribution < -0.4 is 5.63 Å². The quantitative estimate of drug-likeness (QED) is 0.209. The Morgan fingerprint density at radius 1 is 0.912 bits per heavy atom. The molecule has 34 heavy (non-hydrogen) atoms. The first-order valence-corrected chi connectivity index (χ1v) is 11.6. The first-order chi connectivity index (χ1) is 16.7. The number of pyridine rings is 1. The third-order valence-electron chi connectivity index (χ3n) is 6.04. The van der Waals surface area contributed by atoms with Gasteiger partial charge in [0.15, 0.2) is 5.65 Å². The van der Waals surface area contributed by atoms with Crippen molar-refractivity contribution in [2.24, 2.45) is 0 Å². The summed E-state index contributed by atoms with van der Waals surface area (Å²) in [5.41, 5.74) is 4.10. The maximum absolute atomic E-state index is 13.3. The number of rotatable bonds is 4. The molecule has 0 aliphatic rings. The lowest BCUT2D eigenvalue weighted by molar-refractivity contribution is 0.568. The highest BCUT2D eigenvalue weighted by Crippen LogP contribution is 2.38. The van der Waals surface area contributed by atoms with E-state index in [1.807, 2.05) is 71.4 Å². The fourth-order valence-electron chi connectivity index (χ4n) is 4.59. The number of halogens is 1. The van der Waals surface area contributed by atoms with E-state index in [9.17, 15) is 4.79 Å². The van der Waals surface area contributed by atoms with E-state index in [0.29, 0.717) is 33.8 Å². The second-order valence-electron chi connectivity index (χ2n) is 8.25. The molecular formula is C28H20ClN3O2. The highest BCUT2D eigenvalue weighted by atomic mass is 35.5. The molecule has 0 saturated heterocycles. The molecule has 5 nitrogen and oxygen atoms in total. The summed E-state index contributed by atoms with van der Waals surface area (Å²) in [6.45, 7) is 2.07. The van der Waals surface area contributed by atoms with Crippen LogP contribution >= 0.6 is 11.6 Å². The Bertz CT molecular complexity index is 1740. The Morgan fingerprint density at radius 2 is 1.65 bits per heavy atom. The van der Waals surface area contributed by atoms with Crippen LogP contribution in [-0.2, 0) is 6.42 Å². The van der Waals surface area contributed by atoms with Gasteiger partial charge in [0, 0.05) is 21.4 Å². The number of fused-ring (bicyclic) bond motifs is 5. The lowest BCUT2D eigenvalue weighted by Gasteiger charge is -2.10. The van der Waals surface area contributed by atoms with Gasteiger partial charge in [-0.2, -0.15) is 5.10 Å². The predicted molar refractivity (Wildman–Crippen MR) is 137 cm³/mol. The van der Waals surface area contributed by atoms with Gasteiger partial charge in [-0.25, -0.2) is 14.5 Å². The van der Waals surface area contributed by atoms with Crippen LogP contribution in [0.5, 0.6) is 0 Å². The molecule has 3 aromatic heterocycles. The molecule has 0 aliphatic carbocycles. The second kappa shape index (κ2) is 8.12. The van der Waals surface area contributed by atoms with Gasteiger partial charge in [0.1, 0.15) is 11.3 Å². The van der Waals surface area contributed by atoms with Crippen LogP contribution in [0.3, 0.4) is 0 Å². The van der Waals surface area contributed by atoms with E-state index >= 15 is 0 Å². The molecule has 0 bridgehead atoms. The van der Waals surface area contributed by atoms with E-state index < -0.39 is 5.63 Å². The van der Waals surface area contributed by atoms with Gasteiger partial charge in [-0.05, 0) is 36.8 Å². The largest absolute Gasteiger partial charge is 0.422 e. The van der Waals surface area contributed by atoms with E-state index in [1.54, 1.807) is 12.1 Å². The molecule has 0 atom stereocenters. The number of hydrogen-bond donors (Lipinski definition) is 0. The van der Waals surface area contributed by atoms with E-state index in [-0.39, 0.29) is 0 Å². The average Bonchev–Trinajstić information content (AvgIpc) is 3.25. The van der Waals surface area contributed by atoms with Crippen LogP contribution in [0.4, 0.5) is 0 Å². The average molecular weight is 466 g/mol. The van der Waals surface area contributed by atoms with Gasteiger partial charge in [-0.1, -0.05) is 73.5 Å². The Hall–Kier alpha value is -3.96. The minimum absolute atomic E-state index is 0.394. The number of benzene rings is 3. The van der Waals surface area contributed by atoms with Crippen LogP contribution in [-0.4, -0.2) is 14.8 Å². The van der Waals surface area contributed by atoms with Crippen LogP contribution in [0.25, 0.3) is 49.7 Å². The SMILES string of the molecule is CCCc1nc2c(c(-c3ccccc3)nn2-c2ccccc2)c2c1c(=O)oc1ccc(Cl)cc12. The Labute approximate surface area is 200 Å². The molecule has 0 radical (unpaired) electrons. The predicted octanol–water partition coefficient (Wildman–Crippen LogP) is 6.95. The van der Waals surface area contributed by atoms with Crippen LogP contribution in [0, 0.1) is 0 Å². The maximum atomic E-state index is 13.3. The lowest BCUT2D eigenvalue weighted by atomic mass is 9.99. The van der Waals surface area contributed by atoms with Crippen LogP contribution in [0.1, 0.15) is 19.0 Å². The molecule has 0 saturated carbocycles. The first kappa shape index (κ1) is 20.6. The molecule has 166 valence electrons. The number of para-hydroxylation sites is 1. The summed E-state index contributed by atoms with van der Waals surface area (Å²) >= 11 is 6.41. The zero-order chi connectivity index (χ0) is 23.2. The van der Waals surface area contributed by atoms with Crippen LogP contribution in [0.2, 0.25) is 5.02 Å². The zero-order valence-corrected chi connectivity index (χ0v) is 19.2. The molecule has 6 rings (SSSR count). The zero-order valence-electron chi connectivity index (χ0n) is 18.5. The van der Waals surface area contributed by atoms with Crippen molar-refractivity contribution in [1.82, 2.24) is 14.8 Å². The monoisotopic (exact) mass is 465 g/mol. The molecule has 6 heteroatoms. The summed E-state index contributed by atoms with van der Waals surface area (Å²) < 4.78 is 7.58. The third kappa shape index (κ3) is 3.20. The number of hydrogen-bond acceptors (Lipinski definition) is 4.